The molecule has 1 atom stereocenters. The predicted molar refractivity (Wildman–Crippen MR) is 116 cm³/mol. The number of nitrogens with zero attached hydrogens (tertiary/aromatic N) is 4. The summed E-state index contributed by atoms with van der Waals surface area (Å²) in [6.07, 6.45) is -4.86. The molecule has 0 fully saturated rings. The first-order valence-electron chi connectivity index (χ1n) is 9.53. The van der Waals surface area contributed by atoms with Crippen LogP contribution in [0.4, 0.5) is 24.5 Å². The van der Waals surface area contributed by atoms with Crippen LogP contribution in [0.1, 0.15) is 18.1 Å². The molecule has 0 aliphatic heterocycles. The monoisotopic (exact) mass is 496 g/mol. The van der Waals surface area contributed by atoms with Crippen LogP contribution in [0.15, 0.2) is 52.5 Å². The van der Waals surface area contributed by atoms with Crippen molar-refractivity contribution >= 4 is 27.1 Å². The third kappa shape index (κ3) is 6.85. The first kappa shape index (κ1) is 26.5. The molecule has 3 N–H and O–H groups in total. The first-order chi connectivity index (χ1) is 15.8. The number of anilines is 2. The Kier molecular flexibility index (Phi) is 8.12. The van der Waals surface area contributed by atoms with Crippen LogP contribution in [0, 0.1) is 11.3 Å². The number of aliphatic hydroxyl groups is 1. The number of sulfone groups is 1. The van der Waals surface area contributed by atoms with E-state index in [-0.39, 0.29) is 17.1 Å². The highest BCUT2D eigenvalue weighted by Crippen LogP contribution is 2.33. The van der Waals surface area contributed by atoms with E-state index in [9.17, 15) is 31.5 Å². The van der Waals surface area contributed by atoms with Gasteiger partial charge >= 0.3 is 6.18 Å². The van der Waals surface area contributed by atoms with Gasteiger partial charge in [-0.15, -0.1) is 0 Å². The largest absolute Gasteiger partial charge is 0.417 e. The van der Waals surface area contributed by atoms with E-state index in [1.165, 1.54) is 30.3 Å². The lowest BCUT2D eigenvalue weighted by atomic mass is 10.1. The Bertz CT molecular complexity index is 1250. The molecule has 0 spiro atoms. The van der Waals surface area contributed by atoms with Crippen molar-refractivity contribution in [3.05, 3.63) is 64.0 Å². The van der Waals surface area contributed by atoms with E-state index in [0.29, 0.717) is 18.3 Å². The molecule has 0 aliphatic carbocycles. The second kappa shape index (κ2) is 10.4. The van der Waals surface area contributed by atoms with E-state index < -0.39 is 44.4 Å². The number of hydrogen-bond donors (Lipinski definition) is 3. The van der Waals surface area contributed by atoms with Crippen molar-refractivity contribution in [1.29, 1.82) is 5.26 Å². The average Bonchev–Trinajstić information content (AvgIpc) is 2.75. The molecular formula is C20H19F3N6O4S. The third-order valence-electron chi connectivity index (χ3n) is 4.48. The molecule has 0 aliphatic rings. The molecule has 10 nitrogen and oxygen atoms in total. The van der Waals surface area contributed by atoms with Gasteiger partial charge in [0.2, 0.25) is 0 Å². The molecule has 0 saturated carbocycles. The summed E-state index contributed by atoms with van der Waals surface area (Å²) in [5.74, 6) is -2.29. The van der Waals surface area contributed by atoms with Crippen LogP contribution >= 0.6 is 0 Å². The van der Waals surface area contributed by atoms with Crippen molar-refractivity contribution < 1.29 is 31.5 Å². The summed E-state index contributed by atoms with van der Waals surface area (Å²) in [5.41, 5.74) is 3.97. The molecule has 14 heteroatoms. The molecule has 34 heavy (non-hydrogen) atoms. The Balaban J connectivity index is 2.14. The molecule has 2 aromatic rings. The van der Waals surface area contributed by atoms with Crippen molar-refractivity contribution in [2.24, 2.45) is 5.11 Å². The normalized spacial score (nSPS) is 13.2. The van der Waals surface area contributed by atoms with Gasteiger partial charge in [0, 0.05) is 29.4 Å². The molecular weight excluding hydrogens is 477 g/mol. The number of rotatable bonds is 9. The number of carbonyl (C=O) groups excluding carboxylic acids is 1. The predicted octanol–water partition coefficient (Wildman–Crippen LogP) is 3.46. The molecule has 0 radical (unpaired) electrons. The fraction of sp³-hybridized carbons (Fsp3) is 0.300. The van der Waals surface area contributed by atoms with Gasteiger partial charge in [-0.25, -0.2) is 8.42 Å². The van der Waals surface area contributed by atoms with Crippen molar-refractivity contribution in [2.75, 3.05) is 29.5 Å². The first-order valence-corrected chi connectivity index (χ1v) is 11.2. The summed E-state index contributed by atoms with van der Waals surface area (Å²) in [7, 11) is -4.17. The Labute approximate surface area is 192 Å². The summed E-state index contributed by atoms with van der Waals surface area (Å²) in [4.78, 5) is 14.9. The van der Waals surface area contributed by atoms with E-state index >= 15 is 0 Å². The van der Waals surface area contributed by atoms with Crippen molar-refractivity contribution in [3.8, 4) is 6.07 Å². The molecule has 2 rings (SSSR count). The third-order valence-corrected chi connectivity index (χ3v) is 6.41. The molecule has 0 bridgehead atoms. The molecule has 1 amide bonds. The van der Waals surface area contributed by atoms with Gasteiger partial charge in [-0.2, -0.15) is 18.4 Å². The van der Waals surface area contributed by atoms with Gasteiger partial charge in [0.1, 0.15) is 0 Å². The molecule has 0 unspecified atom stereocenters. The Morgan fingerprint density at radius 2 is 1.82 bits per heavy atom. The highest BCUT2D eigenvalue weighted by Gasteiger charge is 2.38. The highest BCUT2D eigenvalue weighted by molar-refractivity contribution is 7.91. The fourth-order valence-electron chi connectivity index (χ4n) is 2.81. The van der Waals surface area contributed by atoms with Crippen LogP contribution in [-0.2, 0) is 20.8 Å². The zero-order chi connectivity index (χ0) is 25.6. The van der Waals surface area contributed by atoms with Gasteiger partial charge < -0.3 is 15.7 Å². The van der Waals surface area contributed by atoms with Crippen LogP contribution in [-0.4, -0.2) is 43.9 Å². The number of nitrogens with one attached hydrogen (secondary N) is 2. The quantitative estimate of drug-likeness (QED) is 0.208. The van der Waals surface area contributed by atoms with Gasteiger partial charge in [0.25, 0.3) is 5.91 Å². The number of azide groups is 1. The summed E-state index contributed by atoms with van der Waals surface area (Å²) in [6, 6.07) is 9.17. The Hall–Kier alpha value is -3.79. The minimum atomic E-state index is -4.86. The van der Waals surface area contributed by atoms with Crippen LogP contribution in [0.3, 0.4) is 0 Å². The second-order valence-electron chi connectivity index (χ2n) is 7.26. The van der Waals surface area contributed by atoms with Crippen LogP contribution < -0.4 is 10.6 Å². The second-order valence-corrected chi connectivity index (χ2v) is 9.25. The van der Waals surface area contributed by atoms with E-state index in [2.05, 4.69) is 20.7 Å². The minimum Gasteiger partial charge on any atom is -0.385 e. The number of alkyl halides is 3. The number of amides is 1. The fourth-order valence-corrected chi connectivity index (χ4v) is 4.40. The number of benzene rings is 2. The van der Waals surface area contributed by atoms with Gasteiger partial charge in [0.15, 0.2) is 15.4 Å². The van der Waals surface area contributed by atoms with Crippen LogP contribution in [0.5, 0.6) is 0 Å². The summed E-state index contributed by atoms with van der Waals surface area (Å²) in [6.45, 7) is 1.41. The topological polar surface area (TPSA) is 168 Å². The van der Waals surface area contributed by atoms with Crippen molar-refractivity contribution in [3.63, 3.8) is 0 Å². The van der Waals surface area contributed by atoms with Crippen molar-refractivity contribution in [1.82, 2.24) is 0 Å². The SMILES string of the molecule is C[C@@](O)(CS(=O)(=O)c1ccc(NCCN=[N+]=[N-])cc1)C(=O)Nc1ccc(C#N)c(C(F)(F)F)c1. The maximum absolute atomic E-state index is 13.1. The smallest absolute Gasteiger partial charge is 0.385 e. The zero-order valence-electron chi connectivity index (χ0n) is 17.7. The Morgan fingerprint density at radius 1 is 1.21 bits per heavy atom. The summed E-state index contributed by atoms with van der Waals surface area (Å²) < 4.78 is 64.7. The highest BCUT2D eigenvalue weighted by atomic mass is 32.2. The average molecular weight is 496 g/mol. The zero-order valence-corrected chi connectivity index (χ0v) is 18.5. The lowest BCUT2D eigenvalue weighted by Crippen LogP contribution is -2.45. The van der Waals surface area contributed by atoms with E-state index in [0.717, 1.165) is 19.1 Å². The Morgan fingerprint density at radius 3 is 2.38 bits per heavy atom. The maximum Gasteiger partial charge on any atom is 0.417 e. The van der Waals surface area contributed by atoms with E-state index in [1.807, 2.05) is 0 Å². The van der Waals surface area contributed by atoms with Gasteiger partial charge in [-0.05, 0) is 54.9 Å². The molecule has 0 heterocycles. The van der Waals surface area contributed by atoms with Crippen molar-refractivity contribution in [2.45, 2.75) is 23.6 Å². The lowest BCUT2D eigenvalue weighted by molar-refractivity contribution is -0.137. The minimum absolute atomic E-state index is 0.179. The van der Waals surface area contributed by atoms with Crippen LogP contribution in [0.2, 0.25) is 0 Å². The van der Waals surface area contributed by atoms with Crippen LogP contribution in [0.25, 0.3) is 10.4 Å². The molecule has 0 aromatic heterocycles. The lowest BCUT2D eigenvalue weighted by Gasteiger charge is -2.22. The van der Waals surface area contributed by atoms with Gasteiger partial charge in [-0.3, -0.25) is 4.79 Å². The molecule has 2 aromatic carbocycles. The summed E-state index contributed by atoms with van der Waals surface area (Å²) in [5, 5.41) is 27.6. The number of halogens is 3. The standard InChI is InChI=1S/C20H19F3N6O4S/c1-19(31,18(30)28-15-3-2-13(11-24)17(10-15)20(21,22)23)12-34(32,33)16-6-4-14(5-7-16)26-8-9-27-29-25/h2-7,10,26,31H,8-9,12H2,1H3,(H,28,30)/t19-/m1/s1. The van der Waals surface area contributed by atoms with E-state index in [1.54, 1.807) is 0 Å². The molecule has 180 valence electrons. The van der Waals surface area contributed by atoms with Gasteiger partial charge in [-0.1, -0.05) is 5.11 Å². The maximum atomic E-state index is 13.1. The molecule has 0 saturated heterocycles. The number of nitriles is 1. The number of carbonyl (C=O) groups is 1. The van der Waals surface area contributed by atoms with E-state index in [4.69, 9.17) is 10.8 Å². The summed E-state index contributed by atoms with van der Waals surface area (Å²) >= 11 is 0. The number of hydrogen-bond acceptors (Lipinski definition) is 7. The van der Waals surface area contributed by atoms with Gasteiger partial charge in [0.05, 0.1) is 27.8 Å².